The van der Waals surface area contributed by atoms with E-state index in [1.807, 2.05) is 6.07 Å². The number of sulfone groups is 1. The number of pyridine rings is 1. The molecule has 0 aliphatic rings. The SMILES string of the molecule is CN=C(NCCc1ccc(Cl)nc1)NCCS(=O)(=O)c1ccccc1.I. The molecule has 0 unspecified atom stereocenters. The maximum atomic E-state index is 12.2. The van der Waals surface area contributed by atoms with Gasteiger partial charge in [-0.05, 0) is 30.2 Å². The van der Waals surface area contributed by atoms with Crippen LogP contribution in [-0.2, 0) is 16.3 Å². The van der Waals surface area contributed by atoms with Gasteiger partial charge in [-0.1, -0.05) is 35.9 Å². The fraction of sp³-hybridized carbons (Fsp3) is 0.294. The number of aromatic nitrogens is 1. The number of benzene rings is 1. The van der Waals surface area contributed by atoms with E-state index in [9.17, 15) is 8.42 Å². The zero-order valence-electron chi connectivity index (χ0n) is 14.4. The number of hydrogen-bond acceptors (Lipinski definition) is 4. The van der Waals surface area contributed by atoms with Gasteiger partial charge in [0.15, 0.2) is 15.8 Å². The average molecular weight is 509 g/mol. The zero-order valence-corrected chi connectivity index (χ0v) is 18.3. The molecular weight excluding hydrogens is 487 g/mol. The Kier molecular flexibility index (Phi) is 9.89. The average Bonchev–Trinajstić information content (AvgIpc) is 2.62. The minimum absolute atomic E-state index is 0. The Bertz CT molecular complexity index is 799. The Hall–Kier alpha value is -1.39. The fourth-order valence-corrected chi connectivity index (χ4v) is 3.44. The van der Waals surface area contributed by atoms with Gasteiger partial charge in [0.25, 0.3) is 0 Å². The second-order valence-electron chi connectivity index (χ2n) is 5.30. The minimum atomic E-state index is -3.30. The molecule has 1 heterocycles. The molecule has 2 N–H and O–H groups in total. The summed E-state index contributed by atoms with van der Waals surface area (Å²) in [5.41, 5.74) is 1.05. The van der Waals surface area contributed by atoms with Crippen molar-refractivity contribution < 1.29 is 8.42 Å². The molecule has 0 aliphatic carbocycles. The Labute approximate surface area is 176 Å². The lowest BCUT2D eigenvalue weighted by molar-refractivity contribution is 0.594. The Morgan fingerprint density at radius 3 is 2.42 bits per heavy atom. The first-order chi connectivity index (χ1) is 12.0. The lowest BCUT2D eigenvalue weighted by Gasteiger charge is -2.12. The zero-order chi connectivity index (χ0) is 18.1. The summed E-state index contributed by atoms with van der Waals surface area (Å²) in [6.45, 7) is 0.924. The molecule has 0 saturated carbocycles. The third kappa shape index (κ3) is 7.46. The standard InChI is InChI=1S/C17H21ClN4O2S.HI/c1-19-17(20-10-9-14-7-8-16(18)22-13-14)21-11-12-25(23,24)15-5-3-2-4-6-15;/h2-8,13H,9-12H2,1H3,(H2,19,20,21);1H. The summed E-state index contributed by atoms with van der Waals surface area (Å²) in [5.74, 6) is 0.559. The monoisotopic (exact) mass is 508 g/mol. The molecule has 0 fully saturated rings. The van der Waals surface area contributed by atoms with Crippen molar-refractivity contribution in [2.24, 2.45) is 4.99 Å². The summed E-state index contributed by atoms with van der Waals surface area (Å²) in [4.78, 5) is 8.44. The molecule has 0 atom stereocenters. The van der Waals surface area contributed by atoms with Gasteiger partial charge in [0, 0.05) is 26.3 Å². The number of halogens is 2. The molecule has 142 valence electrons. The highest BCUT2D eigenvalue weighted by atomic mass is 127. The van der Waals surface area contributed by atoms with Gasteiger partial charge in [0.05, 0.1) is 10.6 Å². The molecule has 26 heavy (non-hydrogen) atoms. The third-order valence-corrected chi connectivity index (χ3v) is 5.44. The van der Waals surface area contributed by atoms with Crippen molar-refractivity contribution in [3.8, 4) is 0 Å². The summed E-state index contributed by atoms with van der Waals surface area (Å²) in [7, 11) is -1.65. The summed E-state index contributed by atoms with van der Waals surface area (Å²) in [5, 5.41) is 6.62. The molecule has 0 amide bonds. The van der Waals surface area contributed by atoms with Crippen LogP contribution in [0.25, 0.3) is 0 Å². The topological polar surface area (TPSA) is 83.4 Å². The van der Waals surface area contributed by atoms with Gasteiger partial charge in [-0.3, -0.25) is 4.99 Å². The molecule has 0 saturated heterocycles. The summed E-state index contributed by atoms with van der Waals surface area (Å²) < 4.78 is 24.4. The predicted octanol–water partition coefficient (Wildman–Crippen LogP) is 2.53. The van der Waals surface area contributed by atoms with Crippen molar-refractivity contribution >= 4 is 51.4 Å². The second-order valence-corrected chi connectivity index (χ2v) is 7.79. The predicted molar refractivity (Wildman–Crippen MR) is 116 cm³/mol. The highest BCUT2D eigenvalue weighted by Gasteiger charge is 2.13. The molecule has 0 aliphatic heterocycles. The summed E-state index contributed by atoms with van der Waals surface area (Å²) >= 11 is 5.75. The molecular formula is C17H22ClIN4O2S. The van der Waals surface area contributed by atoms with E-state index >= 15 is 0 Å². The maximum Gasteiger partial charge on any atom is 0.191 e. The Balaban J connectivity index is 0.00000338. The van der Waals surface area contributed by atoms with Gasteiger partial charge < -0.3 is 10.6 Å². The van der Waals surface area contributed by atoms with E-state index in [0.29, 0.717) is 22.6 Å². The van der Waals surface area contributed by atoms with E-state index in [-0.39, 0.29) is 36.3 Å². The van der Waals surface area contributed by atoms with E-state index in [0.717, 1.165) is 12.0 Å². The normalized spacial score (nSPS) is 11.5. The minimum Gasteiger partial charge on any atom is -0.356 e. The van der Waals surface area contributed by atoms with E-state index in [4.69, 9.17) is 11.6 Å². The van der Waals surface area contributed by atoms with Crippen molar-refractivity contribution in [1.29, 1.82) is 0 Å². The third-order valence-electron chi connectivity index (χ3n) is 3.48. The van der Waals surface area contributed by atoms with Crippen molar-refractivity contribution in [2.45, 2.75) is 11.3 Å². The van der Waals surface area contributed by atoms with Crippen LogP contribution in [0.15, 0.2) is 58.5 Å². The van der Waals surface area contributed by atoms with E-state index in [1.54, 1.807) is 49.6 Å². The van der Waals surface area contributed by atoms with Crippen molar-refractivity contribution in [2.75, 3.05) is 25.9 Å². The number of rotatable bonds is 7. The van der Waals surface area contributed by atoms with E-state index in [2.05, 4.69) is 20.6 Å². The van der Waals surface area contributed by atoms with Gasteiger partial charge in [-0.25, -0.2) is 13.4 Å². The number of nitrogens with zero attached hydrogens (tertiary/aromatic N) is 2. The fourth-order valence-electron chi connectivity index (χ4n) is 2.15. The largest absolute Gasteiger partial charge is 0.356 e. The van der Waals surface area contributed by atoms with Gasteiger partial charge in [-0.2, -0.15) is 0 Å². The quantitative estimate of drug-likeness (QED) is 0.260. The van der Waals surface area contributed by atoms with Crippen LogP contribution in [0.5, 0.6) is 0 Å². The molecule has 6 nitrogen and oxygen atoms in total. The van der Waals surface area contributed by atoms with Crippen LogP contribution in [0.1, 0.15) is 5.56 Å². The van der Waals surface area contributed by atoms with Crippen LogP contribution in [0.2, 0.25) is 5.15 Å². The highest BCUT2D eigenvalue weighted by Crippen LogP contribution is 2.09. The molecule has 2 aromatic rings. The molecule has 1 aromatic heterocycles. The molecule has 0 spiro atoms. The van der Waals surface area contributed by atoms with E-state index < -0.39 is 9.84 Å². The van der Waals surface area contributed by atoms with Crippen LogP contribution in [-0.4, -0.2) is 45.3 Å². The highest BCUT2D eigenvalue weighted by molar-refractivity contribution is 14.0. The first kappa shape index (κ1) is 22.7. The molecule has 0 bridgehead atoms. The molecule has 9 heteroatoms. The second kappa shape index (κ2) is 11.3. The lowest BCUT2D eigenvalue weighted by atomic mass is 10.2. The van der Waals surface area contributed by atoms with Gasteiger partial charge in [0.1, 0.15) is 5.15 Å². The van der Waals surface area contributed by atoms with Crippen molar-refractivity contribution in [3.63, 3.8) is 0 Å². The lowest BCUT2D eigenvalue weighted by Crippen LogP contribution is -2.40. The maximum absolute atomic E-state index is 12.2. The van der Waals surface area contributed by atoms with Crippen LogP contribution < -0.4 is 10.6 Å². The van der Waals surface area contributed by atoms with Gasteiger partial charge >= 0.3 is 0 Å². The van der Waals surface area contributed by atoms with Gasteiger partial charge in [-0.15, -0.1) is 24.0 Å². The van der Waals surface area contributed by atoms with Crippen LogP contribution in [0, 0.1) is 0 Å². The van der Waals surface area contributed by atoms with Crippen molar-refractivity contribution in [1.82, 2.24) is 15.6 Å². The van der Waals surface area contributed by atoms with Crippen LogP contribution in [0.3, 0.4) is 0 Å². The first-order valence-corrected chi connectivity index (χ1v) is 9.87. The molecule has 2 rings (SSSR count). The van der Waals surface area contributed by atoms with Crippen LogP contribution >= 0.6 is 35.6 Å². The first-order valence-electron chi connectivity index (χ1n) is 7.84. The van der Waals surface area contributed by atoms with E-state index in [1.165, 1.54) is 0 Å². The van der Waals surface area contributed by atoms with Crippen molar-refractivity contribution in [3.05, 3.63) is 59.4 Å². The Morgan fingerprint density at radius 2 is 1.81 bits per heavy atom. The number of nitrogens with one attached hydrogen (secondary N) is 2. The number of guanidine groups is 1. The Morgan fingerprint density at radius 1 is 1.12 bits per heavy atom. The van der Waals surface area contributed by atoms with Gasteiger partial charge in [0.2, 0.25) is 0 Å². The smallest absolute Gasteiger partial charge is 0.191 e. The summed E-state index contributed by atoms with van der Waals surface area (Å²) in [6.07, 6.45) is 2.49. The van der Waals surface area contributed by atoms with Crippen LogP contribution in [0.4, 0.5) is 0 Å². The number of hydrogen-bond donors (Lipinski definition) is 2. The summed E-state index contributed by atoms with van der Waals surface area (Å²) in [6, 6.07) is 12.1. The number of aliphatic imine (C=N–C) groups is 1. The molecule has 0 radical (unpaired) electrons. The molecule has 1 aromatic carbocycles.